The van der Waals surface area contributed by atoms with Gasteiger partial charge in [0, 0.05) is 0 Å². The average Bonchev–Trinajstić information content (AvgIpc) is 2.34. The van der Waals surface area contributed by atoms with E-state index in [0.29, 0.717) is 0 Å². The molecule has 1 aromatic rings. The number of hydrogen-bond acceptors (Lipinski definition) is 3. The van der Waals surface area contributed by atoms with E-state index in [-0.39, 0.29) is 6.54 Å². The summed E-state index contributed by atoms with van der Waals surface area (Å²) in [6, 6.07) is 9.17. The third-order valence-corrected chi connectivity index (χ3v) is 3.00. The molecule has 1 aliphatic heterocycles. The molecule has 18 heavy (non-hydrogen) atoms. The largest absolute Gasteiger partial charge is 0.582 e. The first-order chi connectivity index (χ1) is 8.43. The Bertz CT molecular complexity index is 473. The zero-order chi connectivity index (χ0) is 13.3. The van der Waals surface area contributed by atoms with Gasteiger partial charge in [-0.1, -0.05) is 30.3 Å². The monoisotopic (exact) mass is 249 g/mol. The van der Waals surface area contributed by atoms with Crippen LogP contribution in [0.3, 0.4) is 0 Å². The summed E-state index contributed by atoms with van der Waals surface area (Å²) >= 11 is 0. The van der Waals surface area contributed by atoms with E-state index in [4.69, 9.17) is 0 Å². The molecule has 6 nitrogen and oxygen atoms in total. The molecule has 1 aliphatic rings. The first-order valence-corrected chi connectivity index (χ1v) is 5.64. The highest BCUT2D eigenvalue weighted by Gasteiger charge is 2.47. The maximum absolute atomic E-state index is 12.1. The Labute approximate surface area is 105 Å². The fourth-order valence-corrected chi connectivity index (χ4v) is 1.76. The van der Waals surface area contributed by atoms with Crippen LogP contribution in [0.15, 0.2) is 30.3 Å². The Hall–Kier alpha value is -1.92. The van der Waals surface area contributed by atoms with Crippen LogP contribution in [0.5, 0.6) is 0 Å². The summed E-state index contributed by atoms with van der Waals surface area (Å²) in [6.07, 6.45) is 0. The maximum atomic E-state index is 12.1. The lowest BCUT2D eigenvalue weighted by Gasteiger charge is -2.41. The molecule has 96 valence electrons. The summed E-state index contributed by atoms with van der Waals surface area (Å²) in [5.41, 5.74) is 1.83. The summed E-state index contributed by atoms with van der Waals surface area (Å²) in [5, 5.41) is 12.1. The Kier molecular flexibility index (Phi) is 3.06. The van der Waals surface area contributed by atoms with Crippen molar-refractivity contribution in [2.75, 3.05) is 0 Å². The van der Waals surface area contributed by atoms with Crippen LogP contribution in [-0.4, -0.2) is 16.8 Å². The molecule has 1 atom stereocenters. The molecule has 2 amide bonds. The van der Waals surface area contributed by atoms with E-state index in [2.05, 4.69) is 5.43 Å². The molecule has 6 heteroatoms. The van der Waals surface area contributed by atoms with Gasteiger partial charge >= 0.3 is 0 Å². The van der Waals surface area contributed by atoms with Gasteiger partial charge in [0.1, 0.15) is 5.41 Å². The van der Waals surface area contributed by atoms with Crippen molar-refractivity contribution in [3.8, 4) is 0 Å². The highest BCUT2D eigenvalue weighted by atomic mass is 16.6. The number of quaternary nitrogens is 1. The van der Waals surface area contributed by atoms with Gasteiger partial charge in [0.15, 0.2) is 0 Å². The number of hydrogen-bond donors (Lipinski definition) is 2. The lowest BCUT2D eigenvalue weighted by Crippen LogP contribution is -3.23. The van der Waals surface area contributed by atoms with Crippen molar-refractivity contribution in [1.29, 1.82) is 0 Å². The molecule has 0 spiro atoms. The predicted octanol–water partition coefficient (Wildman–Crippen LogP) is -0.616. The molecule has 0 saturated carbocycles. The van der Waals surface area contributed by atoms with Crippen molar-refractivity contribution < 1.29 is 14.9 Å². The van der Waals surface area contributed by atoms with Crippen LogP contribution in [0.4, 0.5) is 0 Å². The fraction of sp³-hybridized carbons (Fsp3) is 0.333. The van der Waals surface area contributed by atoms with Gasteiger partial charge in [0.05, 0.1) is 6.54 Å². The second-order valence-corrected chi connectivity index (χ2v) is 4.76. The molecule has 0 aliphatic carbocycles. The Morgan fingerprint density at radius 2 is 1.89 bits per heavy atom. The summed E-state index contributed by atoms with van der Waals surface area (Å²) in [6.45, 7) is 3.19. The van der Waals surface area contributed by atoms with Gasteiger partial charge < -0.3 is 5.21 Å². The van der Waals surface area contributed by atoms with E-state index >= 15 is 0 Å². The normalized spacial score (nSPS) is 22.8. The van der Waals surface area contributed by atoms with E-state index in [1.165, 1.54) is 13.8 Å². The highest BCUT2D eigenvalue weighted by Crippen LogP contribution is 2.20. The Morgan fingerprint density at radius 3 is 2.50 bits per heavy atom. The van der Waals surface area contributed by atoms with Crippen LogP contribution in [-0.2, 0) is 16.1 Å². The predicted molar refractivity (Wildman–Crippen MR) is 63.2 cm³/mol. The molecule has 1 saturated heterocycles. The van der Waals surface area contributed by atoms with Crippen LogP contribution in [0.2, 0.25) is 0 Å². The zero-order valence-corrected chi connectivity index (χ0v) is 10.3. The minimum Gasteiger partial charge on any atom is -0.582 e. The summed E-state index contributed by atoms with van der Waals surface area (Å²) in [5.74, 6) is -1.03. The van der Waals surface area contributed by atoms with Crippen LogP contribution >= 0.6 is 0 Å². The Morgan fingerprint density at radius 1 is 1.28 bits per heavy atom. The smallest absolute Gasteiger partial charge is 0.285 e. The van der Waals surface area contributed by atoms with Gasteiger partial charge in [0.2, 0.25) is 0 Å². The SMILES string of the molecule is CC1(C)C(=O)N[NH+]([O-])N(Cc2ccccc2)C1=O. The van der Waals surface area contributed by atoms with Gasteiger partial charge in [-0.3, -0.25) is 9.59 Å². The van der Waals surface area contributed by atoms with Crippen molar-refractivity contribution in [3.63, 3.8) is 0 Å². The van der Waals surface area contributed by atoms with Crippen LogP contribution in [0.25, 0.3) is 0 Å². The van der Waals surface area contributed by atoms with Crippen molar-refractivity contribution in [2.24, 2.45) is 5.41 Å². The molecule has 1 aromatic carbocycles. The topological polar surface area (TPSA) is 76.9 Å². The van der Waals surface area contributed by atoms with Crippen molar-refractivity contribution in [3.05, 3.63) is 41.1 Å². The molecule has 1 heterocycles. The standard InChI is InChI=1S/C12H15N3O3/c1-12(2)10(16)13-15(18)14(11(12)17)8-9-6-4-3-5-7-9/h3-7,15H,8H2,1-2H3,(H,13,16). The number of rotatable bonds is 2. The summed E-state index contributed by atoms with van der Waals surface area (Å²) in [7, 11) is 0. The second kappa shape index (κ2) is 4.40. The first kappa shape index (κ1) is 12.5. The van der Waals surface area contributed by atoms with Crippen LogP contribution in [0.1, 0.15) is 19.4 Å². The second-order valence-electron chi connectivity index (χ2n) is 4.76. The minimum atomic E-state index is -1.21. The van der Waals surface area contributed by atoms with E-state index in [9.17, 15) is 14.8 Å². The molecule has 2 rings (SSSR count). The van der Waals surface area contributed by atoms with E-state index in [0.717, 1.165) is 10.6 Å². The zero-order valence-electron chi connectivity index (χ0n) is 10.3. The quantitative estimate of drug-likeness (QED) is 0.542. The van der Waals surface area contributed by atoms with Gasteiger partial charge in [-0.15, -0.1) is 0 Å². The fourth-order valence-electron chi connectivity index (χ4n) is 1.76. The number of amides is 2. The lowest BCUT2D eigenvalue weighted by atomic mass is 9.90. The summed E-state index contributed by atoms with van der Waals surface area (Å²) < 4.78 is 0. The number of carbonyl (C=O) groups is 2. The number of nitrogens with one attached hydrogen (secondary N) is 2. The lowest BCUT2D eigenvalue weighted by molar-refractivity contribution is -0.997. The van der Waals surface area contributed by atoms with E-state index in [1.54, 1.807) is 0 Å². The number of carbonyl (C=O) groups excluding carboxylic acids is 2. The van der Waals surface area contributed by atoms with Crippen LogP contribution in [0, 0.1) is 10.6 Å². The minimum absolute atomic E-state index is 0.169. The van der Waals surface area contributed by atoms with Gasteiger partial charge in [-0.05, 0) is 19.4 Å². The highest BCUT2D eigenvalue weighted by molar-refractivity contribution is 6.04. The summed E-state index contributed by atoms with van der Waals surface area (Å²) in [4.78, 5) is 23.7. The average molecular weight is 249 g/mol. The first-order valence-electron chi connectivity index (χ1n) is 5.64. The Balaban J connectivity index is 2.22. The van der Waals surface area contributed by atoms with Gasteiger partial charge in [0.25, 0.3) is 11.8 Å². The molecular formula is C12H15N3O3. The number of benzene rings is 1. The molecule has 2 N–H and O–H groups in total. The van der Waals surface area contributed by atoms with Crippen molar-refractivity contribution >= 4 is 11.8 Å². The van der Waals surface area contributed by atoms with E-state index in [1.807, 2.05) is 30.3 Å². The third-order valence-electron chi connectivity index (χ3n) is 3.00. The van der Waals surface area contributed by atoms with E-state index < -0.39 is 22.5 Å². The van der Waals surface area contributed by atoms with Gasteiger partial charge in [-0.2, -0.15) is 15.7 Å². The van der Waals surface area contributed by atoms with Crippen molar-refractivity contribution in [2.45, 2.75) is 20.4 Å². The van der Waals surface area contributed by atoms with Crippen LogP contribution < -0.4 is 10.7 Å². The third kappa shape index (κ3) is 2.07. The molecule has 1 fully saturated rings. The van der Waals surface area contributed by atoms with Crippen molar-refractivity contribution in [1.82, 2.24) is 10.4 Å². The molecule has 0 bridgehead atoms. The number of nitrogens with zero attached hydrogens (tertiary/aromatic N) is 1. The maximum Gasteiger partial charge on any atom is 0.285 e. The molecule has 0 radical (unpaired) electrons. The molecule has 1 unspecified atom stereocenters. The molecular weight excluding hydrogens is 234 g/mol. The van der Waals surface area contributed by atoms with Gasteiger partial charge in [-0.25, -0.2) is 0 Å². The molecule has 0 aromatic heterocycles.